The zero-order valence-electron chi connectivity index (χ0n) is 24.4. The van der Waals surface area contributed by atoms with Crippen LogP contribution in [0.15, 0.2) is 132 Å². The maximum atomic E-state index is 13.7. The predicted octanol–water partition coefficient (Wildman–Crippen LogP) is 1.67. The van der Waals surface area contributed by atoms with E-state index in [2.05, 4.69) is 84.7 Å². The number of hydrogen-bond acceptors (Lipinski definition) is 6. The van der Waals surface area contributed by atoms with E-state index in [1.54, 1.807) is 16.7 Å². The van der Waals surface area contributed by atoms with E-state index in [1.165, 1.54) is 33.3 Å². The molecular formula is C35H32IN2O4PS2. The minimum Gasteiger partial charge on any atom is -1.00 e. The Hall–Kier alpha value is -3.24. The van der Waals surface area contributed by atoms with Gasteiger partial charge in [0.1, 0.15) is 46.9 Å². The van der Waals surface area contributed by atoms with Crippen LogP contribution in [0.5, 0.6) is 0 Å². The maximum absolute atomic E-state index is 13.7. The monoisotopic (exact) mass is 766 g/mol. The second-order valence-corrected chi connectivity index (χ2v) is 16.1. The molecule has 6 rings (SSSR count). The number of ether oxygens (including phenoxy) is 1. The molecule has 1 fully saturated rings. The molecule has 0 aliphatic carbocycles. The van der Waals surface area contributed by atoms with Crippen molar-refractivity contribution in [2.45, 2.75) is 17.8 Å². The Morgan fingerprint density at radius 2 is 1.49 bits per heavy atom. The Labute approximate surface area is 289 Å². The average Bonchev–Trinajstić information content (AvgIpc) is 3.58. The van der Waals surface area contributed by atoms with Gasteiger partial charge in [0.25, 0.3) is 5.91 Å². The van der Waals surface area contributed by atoms with Crippen molar-refractivity contribution in [3.05, 3.63) is 137 Å². The molecular weight excluding hydrogens is 734 g/mol. The fraction of sp³-hybridized carbons (Fsp3) is 0.171. The number of thiophene rings is 1. The SMILES string of the molecule is C=CCOC(=O)C1=C(C[P+](c2ccccc2)(c2ccccc2)c2ccccc2)CSC2C(NC(=O)Cc3cccs3)C(=O)N12.[I-]. The van der Waals surface area contributed by atoms with Crippen molar-refractivity contribution in [2.75, 3.05) is 18.5 Å². The average molecular weight is 767 g/mol. The van der Waals surface area contributed by atoms with E-state index in [4.69, 9.17) is 4.74 Å². The van der Waals surface area contributed by atoms with Crippen LogP contribution in [0.3, 0.4) is 0 Å². The van der Waals surface area contributed by atoms with Gasteiger partial charge in [0.05, 0.1) is 12.6 Å². The topological polar surface area (TPSA) is 75.7 Å². The standard InChI is InChI=1S/C35H31N2O4PS2.HI/c1-2-20-41-35(40)32-25(24-44-34-31(33(39)37(32)34)36-30(38)22-29-19-12-21-43-29)23-42(26-13-6-3-7-14-26,27-15-8-4-9-16-27)28-17-10-5-11-18-28;/h2-19,21,31,34H,1,20,22-24H2;1H. The summed E-state index contributed by atoms with van der Waals surface area (Å²) < 4.78 is 5.59. The molecule has 1 N–H and O–H groups in total. The van der Waals surface area contributed by atoms with Crippen LogP contribution in [-0.2, 0) is 25.5 Å². The minimum absolute atomic E-state index is 0. The summed E-state index contributed by atoms with van der Waals surface area (Å²) in [4.78, 5) is 42.7. The van der Waals surface area contributed by atoms with Gasteiger partial charge in [0, 0.05) is 16.2 Å². The first kappa shape index (κ1) is 33.1. The molecule has 0 spiro atoms. The van der Waals surface area contributed by atoms with Gasteiger partial charge in [-0.15, -0.1) is 23.1 Å². The number of fused-ring (bicyclic) bond motifs is 1. The van der Waals surface area contributed by atoms with Crippen LogP contribution in [0.1, 0.15) is 4.88 Å². The molecule has 1 saturated heterocycles. The van der Waals surface area contributed by atoms with Crippen molar-refractivity contribution in [3.63, 3.8) is 0 Å². The molecule has 1 aromatic heterocycles. The molecule has 6 nitrogen and oxygen atoms in total. The molecule has 2 amide bonds. The molecule has 0 bridgehead atoms. The highest BCUT2D eigenvalue weighted by atomic mass is 127. The first-order valence-electron chi connectivity index (χ1n) is 14.3. The second-order valence-electron chi connectivity index (χ2n) is 10.5. The van der Waals surface area contributed by atoms with E-state index in [-0.39, 0.29) is 59.9 Å². The van der Waals surface area contributed by atoms with Crippen molar-refractivity contribution >= 4 is 64.1 Å². The Morgan fingerprint density at radius 3 is 2.00 bits per heavy atom. The van der Waals surface area contributed by atoms with Crippen LogP contribution >= 0.6 is 30.4 Å². The number of amides is 2. The Balaban J connectivity index is 0.00000400. The van der Waals surface area contributed by atoms with Gasteiger partial charge in [-0.1, -0.05) is 73.3 Å². The summed E-state index contributed by atoms with van der Waals surface area (Å²) in [5.41, 5.74) is 1.15. The third-order valence-electron chi connectivity index (χ3n) is 7.82. The zero-order chi connectivity index (χ0) is 30.5. The third kappa shape index (κ3) is 6.68. The predicted molar refractivity (Wildman–Crippen MR) is 181 cm³/mol. The van der Waals surface area contributed by atoms with Crippen molar-refractivity contribution in [2.24, 2.45) is 0 Å². The number of halogens is 1. The number of rotatable bonds is 11. The molecule has 0 radical (unpaired) electrons. The zero-order valence-corrected chi connectivity index (χ0v) is 29.1. The second kappa shape index (κ2) is 14.9. The van der Waals surface area contributed by atoms with Crippen LogP contribution in [-0.4, -0.2) is 52.6 Å². The molecule has 3 heterocycles. The van der Waals surface area contributed by atoms with Crippen molar-refractivity contribution < 1.29 is 43.1 Å². The molecule has 2 unspecified atom stereocenters. The van der Waals surface area contributed by atoms with E-state index >= 15 is 0 Å². The highest BCUT2D eigenvalue weighted by Crippen LogP contribution is 2.58. The molecule has 2 aliphatic rings. The van der Waals surface area contributed by atoms with Crippen molar-refractivity contribution in [1.82, 2.24) is 10.2 Å². The number of carbonyl (C=O) groups is 3. The maximum Gasteiger partial charge on any atom is 0.355 e. The van der Waals surface area contributed by atoms with Crippen LogP contribution in [0.25, 0.3) is 0 Å². The highest BCUT2D eigenvalue weighted by molar-refractivity contribution is 8.00. The third-order valence-corrected chi connectivity index (χ3v) is 14.4. The van der Waals surface area contributed by atoms with Crippen LogP contribution in [0.2, 0.25) is 0 Å². The number of benzene rings is 3. The fourth-order valence-electron chi connectivity index (χ4n) is 5.85. The van der Waals surface area contributed by atoms with Crippen LogP contribution < -0.4 is 45.2 Å². The quantitative estimate of drug-likeness (QED) is 0.0828. The van der Waals surface area contributed by atoms with Gasteiger partial charge in [-0.2, -0.15) is 0 Å². The number of hydrogen-bond donors (Lipinski definition) is 1. The number of β-lactam (4-membered cyclic amide) rings is 1. The Morgan fingerprint density at radius 1 is 0.911 bits per heavy atom. The number of nitrogens with one attached hydrogen (secondary N) is 1. The summed E-state index contributed by atoms with van der Waals surface area (Å²) >= 11 is 3.08. The van der Waals surface area contributed by atoms with Gasteiger partial charge in [0.2, 0.25) is 5.91 Å². The fourth-order valence-corrected chi connectivity index (χ4v) is 12.4. The summed E-state index contributed by atoms with van der Waals surface area (Å²) in [6.45, 7) is 3.73. The molecule has 2 aliphatic heterocycles. The largest absolute Gasteiger partial charge is 1.00 e. The van der Waals surface area contributed by atoms with Crippen molar-refractivity contribution in [1.29, 1.82) is 0 Å². The van der Waals surface area contributed by atoms with E-state index in [0.29, 0.717) is 11.9 Å². The Bertz CT molecular complexity index is 1590. The molecule has 45 heavy (non-hydrogen) atoms. The van der Waals surface area contributed by atoms with Gasteiger partial charge in [0.15, 0.2) is 0 Å². The molecule has 4 aromatic rings. The highest BCUT2D eigenvalue weighted by Gasteiger charge is 2.56. The lowest BCUT2D eigenvalue weighted by Gasteiger charge is -2.50. The van der Waals surface area contributed by atoms with Gasteiger partial charge in [-0.25, -0.2) is 4.79 Å². The van der Waals surface area contributed by atoms with E-state index in [0.717, 1.165) is 10.5 Å². The summed E-state index contributed by atoms with van der Waals surface area (Å²) in [6.07, 6.45) is 2.29. The lowest BCUT2D eigenvalue weighted by atomic mass is 10.0. The van der Waals surface area contributed by atoms with E-state index in [1.807, 2.05) is 35.7 Å². The minimum atomic E-state index is -2.34. The Kier molecular flexibility index (Phi) is 11.0. The molecule has 3 aromatic carbocycles. The first-order valence-corrected chi connectivity index (χ1v) is 18.2. The summed E-state index contributed by atoms with van der Waals surface area (Å²) in [5, 5.41) is 8.01. The molecule has 230 valence electrons. The van der Waals surface area contributed by atoms with Gasteiger partial charge >= 0.3 is 5.97 Å². The normalized spacial score (nSPS) is 17.4. The van der Waals surface area contributed by atoms with Gasteiger partial charge < -0.3 is 34.0 Å². The van der Waals surface area contributed by atoms with Gasteiger partial charge in [-0.05, 0) is 47.8 Å². The number of esters is 1. The van der Waals surface area contributed by atoms with Crippen molar-refractivity contribution in [3.8, 4) is 0 Å². The number of nitrogens with zero attached hydrogens (tertiary/aromatic N) is 1. The van der Waals surface area contributed by atoms with E-state index in [9.17, 15) is 14.4 Å². The van der Waals surface area contributed by atoms with Crippen LogP contribution in [0.4, 0.5) is 0 Å². The number of carbonyl (C=O) groups excluding carboxylic acids is 3. The van der Waals surface area contributed by atoms with Gasteiger partial charge in [-0.3, -0.25) is 14.5 Å². The smallest absolute Gasteiger partial charge is 0.355 e. The molecule has 2 atom stereocenters. The summed E-state index contributed by atoms with van der Waals surface area (Å²) in [7, 11) is -2.34. The number of thioether (sulfide) groups is 1. The van der Waals surface area contributed by atoms with Crippen LogP contribution in [0, 0.1) is 0 Å². The lowest BCUT2D eigenvalue weighted by molar-refractivity contribution is -0.152. The lowest BCUT2D eigenvalue weighted by Crippen LogP contribution is -3.00. The molecule has 10 heteroatoms. The molecule has 0 saturated carbocycles. The summed E-state index contributed by atoms with van der Waals surface area (Å²) in [5.74, 6) is -0.528. The first-order chi connectivity index (χ1) is 21.5. The van der Waals surface area contributed by atoms with E-state index < -0.39 is 19.3 Å². The summed E-state index contributed by atoms with van der Waals surface area (Å²) in [6, 6.07) is 34.4.